The zero-order chi connectivity index (χ0) is 19.4. The van der Waals surface area contributed by atoms with Crippen LogP contribution in [-0.2, 0) is 20.5 Å². The van der Waals surface area contributed by atoms with Gasteiger partial charge in [-0.15, -0.1) is 0 Å². The summed E-state index contributed by atoms with van der Waals surface area (Å²) in [5.41, 5.74) is -0.200. The maximum absolute atomic E-state index is 13.3. The van der Waals surface area contributed by atoms with Crippen molar-refractivity contribution in [2.75, 3.05) is 13.1 Å². The number of carbonyl (C=O) groups is 1. The monoisotopic (exact) mass is 386 g/mol. The summed E-state index contributed by atoms with van der Waals surface area (Å²) in [6.45, 7) is 5.89. The maximum Gasteiger partial charge on any atom is 0.407 e. The summed E-state index contributed by atoms with van der Waals surface area (Å²) in [5.74, 6) is -0.715. The Morgan fingerprint density at radius 1 is 1.35 bits per heavy atom. The minimum Gasteiger partial charge on any atom is -0.444 e. The molecule has 0 bridgehead atoms. The molecule has 1 aromatic rings. The second kappa shape index (κ2) is 8.35. The van der Waals surface area contributed by atoms with Gasteiger partial charge in [0.05, 0.1) is 5.75 Å². The van der Waals surface area contributed by atoms with Gasteiger partial charge in [0, 0.05) is 19.1 Å². The second-order valence-corrected chi connectivity index (χ2v) is 9.45. The van der Waals surface area contributed by atoms with E-state index in [1.807, 2.05) is 0 Å². The van der Waals surface area contributed by atoms with Crippen LogP contribution in [0, 0.1) is 5.82 Å². The zero-order valence-electron chi connectivity index (χ0n) is 15.5. The molecular formula is C18H27FN2O4S. The summed E-state index contributed by atoms with van der Waals surface area (Å²) in [6, 6.07) is 5.28. The average Bonchev–Trinajstić information content (AvgIpc) is 2.51. The molecule has 0 aliphatic carbocycles. The van der Waals surface area contributed by atoms with Gasteiger partial charge in [0.25, 0.3) is 0 Å². The van der Waals surface area contributed by atoms with Crippen molar-refractivity contribution in [2.45, 2.75) is 57.4 Å². The molecule has 1 saturated heterocycles. The molecule has 0 spiro atoms. The molecule has 2 rings (SSSR count). The SMILES string of the molecule is CC(C)(C)OC(=O)NC[C@H]1CCCCN1S(=O)(=O)Cc1cccc(F)c1. The van der Waals surface area contributed by atoms with E-state index in [1.54, 1.807) is 26.8 Å². The number of sulfonamides is 1. The standard InChI is InChI=1S/C18H27FN2O4S/c1-18(2,3)25-17(22)20-12-16-9-4-5-10-21(16)26(23,24)13-14-7-6-8-15(19)11-14/h6-8,11,16H,4-5,9-10,12-13H2,1-3H3,(H,20,22)/t16-/m1/s1. The van der Waals surface area contributed by atoms with Crippen molar-refractivity contribution in [3.8, 4) is 0 Å². The molecule has 1 heterocycles. The number of ether oxygens (including phenoxy) is 1. The van der Waals surface area contributed by atoms with Gasteiger partial charge in [0.2, 0.25) is 10.0 Å². The van der Waals surface area contributed by atoms with Gasteiger partial charge in [0.1, 0.15) is 11.4 Å². The van der Waals surface area contributed by atoms with E-state index >= 15 is 0 Å². The van der Waals surface area contributed by atoms with Crippen molar-refractivity contribution in [1.29, 1.82) is 0 Å². The van der Waals surface area contributed by atoms with E-state index in [-0.39, 0.29) is 18.3 Å². The Morgan fingerprint density at radius 2 is 2.08 bits per heavy atom. The third kappa shape index (κ3) is 6.25. The van der Waals surface area contributed by atoms with Crippen LogP contribution in [-0.4, -0.2) is 43.5 Å². The average molecular weight is 386 g/mol. The molecule has 1 aliphatic heterocycles. The lowest BCUT2D eigenvalue weighted by Crippen LogP contribution is -2.50. The number of carbonyl (C=O) groups excluding carboxylic acids is 1. The van der Waals surface area contributed by atoms with Gasteiger partial charge in [-0.05, 0) is 51.3 Å². The van der Waals surface area contributed by atoms with Crippen molar-refractivity contribution < 1.29 is 22.3 Å². The van der Waals surface area contributed by atoms with E-state index in [0.29, 0.717) is 18.5 Å². The van der Waals surface area contributed by atoms with Crippen molar-refractivity contribution in [2.24, 2.45) is 0 Å². The number of nitrogens with zero attached hydrogens (tertiary/aromatic N) is 1. The van der Waals surface area contributed by atoms with Crippen molar-refractivity contribution >= 4 is 16.1 Å². The van der Waals surface area contributed by atoms with Gasteiger partial charge < -0.3 is 10.1 Å². The number of rotatable bonds is 5. The molecule has 146 valence electrons. The highest BCUT2D eigenvalue weighted by molar-refractivity contribution is 7.88. The molecule has 0 saturated carbocycles. The van der Waals surface area contributed by atoms with Crippen LogP contribution >= 0.6 is 0 Å². The maximum atomic E-state index is 13.3. The second-order valence-electron chi connectivity index (χ2n) is 7.53. The minimum absolute atomic E-state index is 0.192. The van der Waals surface area contributed by atoms with E-state index in [4.69, 9.17) is 4.74 Å². The first kappa shape index (κ1) is 20.6. The van der Waals surface area contributed by atoms with Crippen molar-refractivity contribution in [3.05, 3.63) is 35.6 Å². The van der Waals surface area contributed by atoms with Crippen LogP contribution in [0.15, 0.2) is 24.3 Å². The van der Waals surface area contributed by atoms with Gasteiger partial charge in [-0.25, -0.2) is 17.6 Å². The molecule has 0 unspecified atom stereocenters. The number of hydrogen-bond donors (Lipinski definition) is 1. The van der Waals surface area contributed by atoms with Crippen LogP contribution in [0.3, 0.4) is 0 Å². The van der Waals surface area contributed by atoms with Gasteiger partial charge in [-0.1, -0.05) is 18.6 Å². The Hall–Kier alpha value is -1.67. The van der Waals surface area contributed by atoms with Gasteiger partial charge in [0.15, 0.2) is 0 Å². The molecule has 0 aromatic heterocycles. The lowest BCUT2D eigenvalue weighted by molar-refractivity contribution is 0.0512. The molecule has 26 heavy (non-hydrogen) atoms. The van der Waals surface area contributed by atoms with Crippen LogP contribution in [0.25, 0.3) is 0 Å². The Kier molecular flexibility index (Phi) is 6.63. The van der Waals surface area contributed by atoms with Gasteiger partial charge >= 0.3 is 6.09 Å². The van der Waals surface area contributed by atoms with Crippen molar-refractivity contribution in [3.63, 3.8) is 0 Å². The molecule has 1 N–H and O–H groups in total. The highest BCUT2D eigenvalue weighted by Gasteiger charge is 2.33. The molecule has 0 radical (unpaired) electrons. The molecule has 1 aliphatic rings. The van der Waals surface area contributed by atoms with Crippen LogP contribution in [0.4, 0.5) is 9.18 Å². The number of benzene rings is 1. The quantitative estimate of drug-likeness (QED) is 0.844. The number of nitrogens with one attached hydrogen (secondary N) is 1. The Morgan fingerprint density at radius 3 is 2.73 bits per heavy atom. The Labute approximate surface area is 154 Å². The normalized spacial score (nSPS) is 19.2. The lowest BCUT2D eigenvalue weighted by atomic mass is 10.1. The minimum atomic E-state index is -3.61. The molecule has 1 amide bonds. The predicted molar refractivity (Wildman–Crippen MR) is 97.6 cm³/mol. The van der Waals surface area contributed by atoms with Crippen LogP contribution in [0.5, 0.6) is 0 Å². The van der Waals surface area contributed by atoms with Crippen LogP contribution in [0.1, 0.15) is 45.6 Å². The summed E-state index contributed by atoms with van der Waals surface area (Å²) >= 11 is 0. The van der Waals surface area contributed by atoms with Gasteiger partial charge in [-0.2, -0.15) is 4.31 Å². The first-order valence-electron chi connectivity index (χ1n) is 8.78. The number of amides is 1. The summed E-state index contributed by atoms with van der Waals surface area (Å²) in [5, 5.41) is 2.66. The molecule has 8 heteroatoms. The fourth-order valence-electron chi connectivity index (χ4n) is 2.98. The van der Waals surface area contributed by atoms with E-state index in [2.05, 4.69) is 5.32 Å². The summed E-state index contributed by atoms with van der Waals surface area (Å²) in [4.78, 5) is 11.8. The largest absolute Gasteiger partial charge is 0.444 e. The summed E-state index contributed by atoms with van der Waals surface area (Å²) in [6.07, 6.45) is 1.77. The third-order valence-corrected chi connectivity index (χ3v) is 5.94. The topological polar surface area (TPSA) is 75.7 Å². The lowest BCUT2D eigenvalue weighted by Gasteiger charge is -2.35. The zero-order valence-corrected chi connectivity index (χ0v) is 16.3. The predicted octanol–water partition coefficient (Wildman–Crippen LogP) is 3.03. The van der Waals surface area contributed by atoms with E-state index < -0.39 is 27.5 Å². The molecule has 6 nitrogen and oxygen atoms in total. The molecular weight excluding hydrogens is 359 g/mol. The summed E-state index contributed by atoms with van der Waals surface area (Å²) < 4.78 is 45.6. The molecule has 1 atom stereocenters. The third-order valence-electron chi connectivity index (χ3n) is 4.05. The highest BCUT2D eigenvalue weighted by atomic mass is 32.2. The highest BCUT2D eigenvalue weighted by Crippen LogP contribution is 2.23. The van der Waals surface area contributed by atoms with Crippen LogP contribution < -0.4 is 5.32 Å². The first-order valence-corrected chi connectivity index (χ1v) is 10.4. The van der Waals surface area contributed by atoms with E-state index in [9.17, 15) is 17.6 Å². The van der Waals surface area contributed by atoms with E-state index in [0.717, 1.165) is 12.8 Å². The van der Waals surface area contributed by atoms with E-state index in [1.165, 1.54) is 22.5 Å². The number of piperidine rings is 1. The molecule has 1 aromatic carbocycles. The number of halogens is 1. The van der Waals surface area contributed by atoms with Gasteiger partial charge in [-0.3, -0.25) is 0 Å². The first-order chi connectivity index (χ1) is 12.1. The Balaban J connectivity index is 2.03. The van der Waals surface area contributed by atoms with Crippen molar-refractivity contribution in [1.82, 2.24) is 9.62 Å². The smallest absolute Gasteiger partial charge is 0.407 e. The number of alkyl carbamates (subject to hydrolysis) is 1. The molecule has 1 fully saturated rings. The number of hydrogen-bond acceptors (Lipinski definition) is 4. The fourth-order valence-corrected chi connectivity index (χ4v) is 4.79. The summed E-state index contributed by atoms with van der Waals surface area (Å²) in [7, 11) is -3.61. The Bertz CT molecular complexity index is 731. The fraction of sp³-hybridized carbons (Fsp3) is 0.611. The van der Waals surface area contributed by atoms with Crippen LogP contribution in [0.2, 0.25) is 0 Å².